The molecular weight excluding hydrogens is 334 g/mol. The lowest BCUT2D eigenvalue weighted by Gasteiger charge is -2.32. The lowest BCUT2D eigenvalue weighted by molar-refractivity contribution is 0.322. The zero-order valence-electron chi connectivity index (χ0n) is 14.5. The Morgan fingerprint density at radius 1 is 1.17 bits per heavy atom. The molecule has 24 heavy (non-hydrogen) atoms. The summed E-state index contributed by atoms with van der Waals surface area (Å²) in [5, 5.41) is 9.13. The Morgan fingerprint density at radius 3 is 2.67 bits per heavy atom. The summed E-state index contributed by atoms with van der Waals surface area (Å²) in [4.78, 5) is 6.37. The van der Waals surface area contributed by atoms with Gasteiger partial charge in [0, 0.05) is 34.2 Å². The molecule has 0 spiro atoms. The average molecular weight is 359 g/mol. The van der Waals surface area contributed by atoms with Crippen LogP contribution in [0.15, 0.2) is 57.2 Å². The molecule has 1 aliphatic heterocycles. The van der Waals surface area contributed by atoms with Crippen molar-refractivity contribution >= 4 is 40.1 Å². The van der Waals surface area contributed by atoms with Crippen LogP contribution in [0.25, 0.3) is 6.08 Å². The third-order valence-corrected chi connectivity index (χ3v) is 7.41. The Balaban J connectivity index is 1.94. The number of fused-ring (bicyclic) bond motifs is 2. The second kappa shape index (κ2) is 7.68. The molecule has 1 heterocycles. The van der Waals surface area contributed by atoms with Gasteiger partial charge in [-0.3, -0.25) is 0 Å². The van der Waals surface area contributed by atoms with E-state index in [1.165, 1.54) is 31.6 Å². The second-order valence-corrected chi connectivity index (χ2v) is 9.27. The predicted octanol–water partition coefficient (Wildman–Crippen LogP) is 4.91. The van der Waals surface area contributed by atoms with Crippen LogP contribution in [0, 0.1) is 0 Å². The van der Waals surface area contributed by atoms with Crippen molar-refractivity contribution < 1.29 is 5.11 Å². The number of aliphatic hydroxyl groups excluding tert-OH is 1. The molecule has 2 aromatic rings. The van der Waals surface area contributed by atoms with E-state index in [0.29, 0.717) is 0 Å². The fourth-order valence-corrected chi connectivity index (χ4v) is 4.99. The van der Waals surface area contributed by atoms with Crippen LogP contribution in [0.2, 0.25) is 0 Å². The van der Waals surface area contributed by atoms with Crippen LogP contribution >= 0.6 is 11.8 Å². The largest absolute Gasteiger partial charge is 0.391 e. The maximum Gasteiger partial charge on any atom is 0.135 e. The zero-order valence-corrected chi connectivity index (χ0v) is 16.1. The van der Waals surface area contributed by atoms with Crippen LogP contribution in [0.5, 0.6) is 0 Å². The van der Waals surface area contributed by atoms with Crippen LogP contribution in [0.1, 0.15) is 19.4 Å². The van der Waals surface area contributed by atoms with Gasteiger partial charge in [0.05, 0.1) is 18.0 Å². The normalized spacial score (nSPS) is 15.0. The molecule has 0 fully saturated rings. The highest BCUT2D eigenvalue weighted by atomic mass is 32.2. The number of hydrogen-bond donors (Lipinski definition) is 1. The van der Waals surface area contributed by atoms with E-state index in [1.54, 1.807) is 0 Å². The van der Waals surface area contributed by atoms with Crippen molar-refractivity contribution in [2.45, 2.75) is 23.6 Å². The predicted molar refractivity (Wildman–Crippen MR) is 109 cm³/mol. The number of benzene rings is 2. The number of allylic oxidation sites excluding steroid dienone is 1. The smallest absolute Gasteiger partial charge is 0.135 e. The molecule has 1 unspecified atom stereocenters. The van der Waals surface area contributed by atoms with Gasteiger partial charge in [0.15, 0.2) is 0 Å². The third-order valence-electron chi connectivity index (χ3n) is 4.28. The molecule has 4 heteroatoms. The van der Waals surface area contributed by atoms with E-state index in [0.717, 1.165) is 12.3 Å². The van der Waals surface area contributed by atoms with Crippen LogP contribution in [-0.2, 0) is 10.9 Å². The maximum absolute atomic E-state index is 9.13. The first-order valence-electron chi connectivity index (χ1n) is 8.24. The van der Waals surface area contributed by atoms with Crippen LogP contribution in [0.3, 0.4) is 0 Å². The fraction of sp³-hybridized carbons (Fsp3) is 0.300. The number of aliphatic hydroxyl groups is 1. The zero-order chi connectivity index (χ0) is 17.1. The van der Waals surface area contributed by atoms with Gasteiger partial charge < -0.3 is 10.0 Å². The topological polar surface area (TPSA) is 23.5 Å². The molecule has 0 amide bonds. The fourth-order valence-electron chi connectivity index (χ4n) is 2.91. The minimum Gasteiger partial charge on any atom is -0.391 e. The monoisotopic (exact) mass is 358 g/mol. The SMILES string of the molecule is CCN1c2ccccc2Sc2cc(/C=C(\C)[S+](C)CCO)ccc21. The van der Waals surface area contributed by atoms with Crippen molar-refractivity contribution in [1.82, 2.24) is 0 Å². The number of rotatable bonds is 5. The second-order valence-electron chi connectivity index (χ2n) is 5.86. The Morgan fingerprint density at radius 2 is 1.92 bits per heavy atom. The molecule has 0 bridgehead atoms. The maximum atomic E-state index is 9.13. The Hall–Kier alpha value is -1.36. The number of para-hydroxylation sites is 1. The summed E-state index contributed by atoms with van der Waals surface area (Å²) in [6, 6.07) is 15.3. The number of nitrogens with zero attached hydrogens (tertiary/aromatic N) is 1. The van der Waals surface area contributed by atoms with Gasteiger partial charge in [0.2, 0.25) is 0 Å². The van der Waals surface area contributed by atoms with Crippen molar-refractivity contribution in [3.8, 4) is 0 Å². The van der Waals surface area contributed by atoms with Crippen LogP contribution in [-0.4, -0.2) is 30.3 Å². The van der Waals surface area contributed by atoms with Gasteiger partial charge >= 0.3 is 0 Å². The Kier molecular flexibility index (Phi) is 5.59. The molecule has 1 N–H and O–H groups in total. The highest BCUT2D eigenvalue weighted by Crippen LogP contribution is 2.48. The molecule has 2 aromatic carbocycles. The van der Waals surface area contributed by atoms with Crippen molar-refractivity contribution in [3.05, 3.63) is 52.9 Å². The van der Waals surface area contributed by atoms with E-state index in [4.69, 9.17) is 5.11 Å². The minimum atomic E-state index is 0.132. The quantitative estimate of drug-likeness (QED) is 0.768. The van der Waals surface area contributed by atoms with E-state index in [1.807, 2.05) is 11.8 Å². The van der Waals surface area contributed by atoms with Crippen LogP contribution < -0.4 is 4.90 Å². The molecule has 2 nitrogen and oxygen atoms in total. The van der Waals surface area contributed by atoms with Crippen molar-refractivity contribution in [2.75, 3.05) is 30.1 Å². The molecule has 0 aliphatic carbocycles. The first-order chi connectivity index (χ1) is 11.6. The van der Waals surface area contributed by atoms with Gasteiger partial charge in [-0.2, -0.15) is 0 Å². The molecular formula is C20H24NOS2+. The van der Waals surface area contributed by atoms with Gasteiger partial charge in [-0.05, 0) is 42.8 Å². The van der Waals surface area contributed by atoms with E-state index >= 15 is 0 Å². The van der Waals surface area contributed by atoms with Gasteiger partial charge in [-0.15, -0.1) is 0 Å². The molecule has 0 saturated heterocycles. The van der Waals surface area contributed by atoms with Crippen molar-refractivity contribution in [3.63, 3.8) is 0 Å². The summed E-state index contributed by atoms with van der Waals surface area (Å²) < 4.78 is 0. The van der Waals surface area contributed by atoms with Crippen molar-refractivity contribution in [2.24, 2.45) is 0 Å². The van der Waals surface area contributed by atoms with E-state index in [2.05, 4.69) is 73.5 Å². The Bertz CT molecular complexity index is 757. The number of hydrogen-bond acceptors (Lipinski definition) is 3. The van der Waals surface area contributed by atoms with E-state index < -0.39 is 0 Å². The molecule has 1 aliphatic rings. The van der Waals surface area contributed by atoms with Gasteiger partial charge in [0.25, 0.3) is 0 Å². The van der Waals surface area contributed by atoms with Gasteiger partial charge in [-0.25, -0.2) is 0 Å². The summed E-state index contributed by atoms with van der Waals surface area (Å²) >= 11 is 1.85. The first-order valence-corrected chi connectivity index (χ1v) is 10.9. The summed E-state index contributed by atoms with van der Waals surface area (Å²) in [7, 11) is 0.132. The first kappa shape index (κ1) is 17.5. The summed E-state index contributed by atoms with van der Waals surface area (Å²) in [6.45, 7) is 5.59. The van der Waals surface area contributed by atoms with Gasteiger partial charge in [-0.1, -0.05) is 30.0 Å². The molecule has 3 rings (SSSR count). The van der Waals surface area contributed by atoms with Crippen molar-refractivity contribution in [1.29, 1.82) is 0 Å². The summed E-state index contributed by atoms with van der Waals surface area (Å²) in [5.74, 6) is 0.846. The molecule has 0 aromatic heterocycles. The Labute approximate surface area is 151 Å². The molecule has 0 saturated carbocycles. The average Bonchev–Trinajstić information content (AvgIpc) is 2.59. The molecule has 126 valence electrons. The van der Waals surface area contributed by atoms with E-state index in [-0.39, 0.29) is 17.5 Å². The summed E-state index contributed by atoms with van der Waals surface area (Å²) in [5.41, 5.74) is 3.84. The number of anilines is 2. The summed E-state index contributed by atoms with van der Waals surface area (Å²) in [6.07, 6.45) is 4.46. The molecule has 0 radical (unpaired) electrons. The molecule has 1 atom stereocenters. The van der Waals surface area contributed by atoms with Crippen LogP contribution in [0.4, 0.5) is 11.4 Å². The highest BCUT2D eigenvalue weighted by Gasteiger charge is 2.22. The lowest BCUT2D eigenvalue weighted by Crippen LogP contribution is -2.19. The van der Waals surface area contributed by atoms with E-state index in [9.17, 15) is 0 Å². The van der Waals surface area contributed by atoms with Gasteiger partial charge in [0.1, 0.15) is 16.9 Å². The minimum absolute atomic E-state index is 0.132. The lowest BCUT2D eigenvalue weighted by atomic mass is 10.1. The highest BCUT2D eigenvalue weighted by molar-refractivity contribution is 8.00. The standard InChI is InChI=1S/C20H24NOS2/c1-4-21-17-7-5-6-8-19(17)23-20-14-16(9-10-18(20)21)13-15(2)24(3)12-11-22/h5-10,13-14,22H,4,11-12H2,1-3H3/q+1/b15-13+. The third kappa shape index (κ3) is 3.51.